The van der Waals surface area contributed by atoms with Gasteiger partial charge in [-0.15, -0.1) is 0 Å². The van der Waals surface area contributed by atoms with Crippen LogP contribution in [0.4, 0.5) is 0 Å². The summed E-state index contributed by atoms with van der Waals surface area (Å²) in [6.45, 7) is 14.4. The van der Waals surface area contributed by atoms with Gasteiger partial charge >= 0.3 is 0 Å². The predicted molar refractivity (Wildman–Crippen MR) is 182 cm³/mol. The lowest BCUT2D eigenvalue weighted by Gasteiger charge is -2.52. The van der Waals surface area contributed by atoms with Gasteiger partial charge in [0.15, 0.2) is 8.32 Å². The van der Waals surface area contributed by atoms with Crippen LogP contribution < -0.4 is 0 Å². The highest BCUT2D eigenvalue weighted by atomic mass is 28.4. The van der Waals surface area contributed by atoms with Crippen LogP contribution in [0, 0.1) is 0 Å². The van der Waals surface area contributed by atoms with Crippen molar-refractivity contribution in [3.8, 4) is 0 Å². The molecule has 7 heteroatoms. The molecular weight excluding hydrogens is 580 g/mol. The summed E-state index contributed by atoms with van der Waals surface area (Å²) < 4.78 is 33.4. The zero-order chi connectivity index (χ0) is 32.3. The first-order chi connectivity index (χ1) is 21.5. The number of hydrogen-bond donors (Lipinski definition) is 1. The standard InChI is InChI=1S/C38H52O6Si/c1-7-8-18-25-38(39)36(44-45(5,6)37(2,3)4)35(42-28-32-23-16-11-17-24-32)34(41-27-31-21-14-10-15-22-31)33(43-38)29-40-26-30-19-12-9-13-20-30/h9-25,33-36,39H,7-8,26-29H2,1-6H3/t33-,34-,35+,36+,38+/m1/s1. The van der Waals surface area contributed by atoms with E-state index in [4.69, 9.17) is 23.4 Å². The summed E-state index contributed by atoms with van der Waals surface area (Å²) in [5.41, 5.74) is 3.12. The number of unbranched alkanes of at least 4 members (excludes halogenated alkanes) is 1. The summed E-state index contributed by atoms with van der Waals surface area (Å²) in [7, 11) is -2.43. The summed E-state index contributed by atoms with van der Waals surface area (Å²) in [6, 6.07) is 30.2. The molecule has 3 aromatic carbocycles. The average Bonchev–Trinajstić information content (AvgIpc) is 3.02. The molecule has 45 heavy (non-hydrogen) atoms. The highest BCUT2D eigenvalue weighted by Crippen LogP contribution is 2.43. The van der Waals surface area contributed by atoms with Crippen molar-refractivity contribution in [2.24, 2.45) is 0 Å². The fourth-order valence-corrected chi connectivity index (χ4v) is 6.40. The second kappa shape index (κ2) is 16.3. The highest BCUT2D eigenvalue weighted by Gasteiger charge is 2.57. The minimum Gasteiger partial charge on any atom is -0.406 e. The molecule has 0 radical (unpaired) electrons. The molecule has 6 nitrogen and oxygen atoms in total. The van der Waals surface area contributed by atoms with Crippen LogP contribution in [-0.4, -0.2) is 50.2 Å². The molecule has 1 aliphatic rings. The van der Waals surface area contributed by atoms with Gasteiger partial charge in [-0.05, 0) is 47.3 Å². The summed E-state index contributed by atoms with van der Waals surface area (Å²) >= 11 is 0. The number of aliphatic hydroxyl groups is 1. The van der Waals surface area contributed by atoms with E-state index in [1.54, 1.807) is 6.08 Å². The van der Waals surface area contributed by atoms with Gasteiger partial charge in [-0.2, -0.15) is 0 Å². The van der Waals surface area contributed by atoms with Crippen molar-refractivity contribution < 1.29 is 28.5 Å². The third-order valence-corrected chi connectivity index (χ3v) is 13.2. The van der Waals surface area contributed by atoms with Crippen LogP contribution in [0.5, 0.6) is 0 Å². The van der Waals surface area contributed by atoms with Crippen LogP contribution in [0.2, 0.25) is 18.1 Å². The van der Waals surface area contributed by atoms with E-state index in [0.717, 1.165) is 29.5 Å². The number of rotatable bonds is 15. The largest absolute Gasteiger partial charge is 0.406 e. The molecule has 5 atom stereocenters. The van der Waals surface area contributed by atoms with Crippen molar-refractivity contribution in [2.45, 2.75) is 109 Å². The first-order valence-electron chi connectivity index (χ1n) is 16.2. The van der Waals surface area contributed by atoms with E-state index >= 15 is 0 Å². The Morgan fingerprint density at radius 2 is 1.27 bits per heavy atom. The molecule has 1 fully saturated rings. The topological polar surface area (TPSA) is 66.4 Å². The molecule has 1 aliphatic heterocycles. The second-order valence-electron chi connectivity index (χ2n) is 13.4. The van der Waals surface area contributed by atoms with Crippen molar-refractivity contribution in [3.05, 3.63) is 120 Å². The van der Waals surface area contributed by atoms with E-state index in [-0.39, 0.29) is 11.6 Å². The molecule has 0 unspecified atom stereocenters. The van der Waals surface area contributed by atoms with Gasteiger partial charge < -0.3 is 28.5 Å². The number of benzene rings is 3. The Morgan fingerprint density at radius 3 is 1.76 bits per heavy atom. The molecule has 1 N–H and O–H groups in total. The molecule has 0 saturated carbocycles. The fraction of sp³-hybridized carbons (Fsp3) is 0.474. The van der Waals surface area contributed by atoms with Gasteiger partial charge in [0.1, 0.15) is 24.4 Å². The van der Waals surface area contributed by atoms with E-state index < -0.39 is 38.5 Å². The summed E-state index contributed by atoms with van der Waals surface area (Å²) in [4.78, 5) is 0. The second-order valence-corrected chi connectivity index (χ2v) is 18.2. The maximum absolute atomic E-state index is 12.4. The minimum atomic E-state index is -2.43. The number of ether oxygens (including phenoxy) is 4. The maximum Gasteiger partial charge on any atom is 0.214 e. The van der Waals surface area contributed by atoms with Gasteiger partial charge in [0.25, 0.3) is 0 Å². The molecule has 244 valence electrons. The van der Waals surface area contributed by atoms with Gasteiger partial charge in [0.05, 0.1) is 26.4 Å². The predicted octanol–water partition coefficient (Wildman–Crippen LogP) is 8.21. The first-order valence-corrected chi connectivity index (χ1v) is 19.1. The third kappa shape index (κ3) is 9.93. The molecule has 0 spiro atoms. The van der Waals surface area contributed by atoms with Crippen LogP contribution in [0.25, 0.3) is 0 Å². The van der Waals surface area contributed by atoms with Crippen LogP contribution in [0.3, 0.4) is 0 Å². The molecule has 0 bridgehead atoms. The minimum absolute atomic E-state index is 0.110. The van der Waals surface area contributed by atoms with E-state index in [9.17, 15) is 5.11 Å². The summed E-state index contributed by atoms with van der Waals surface area (Å²) in [5.74, 6) is -1.75. The van der Waals surface area contributed by atoms with Crippen molar-refractivity contribution in [3.63, 3.8) is 0 Å². The lowest BCUT2D eigenvalue weighted by atomic mass is 9.91. The van der Waals surface area contributed by atoms with E-state index in [1.807, 2.05) is 97.1 Å². The Bertz CT molecular complexity index is 1290. The lowest BCUT2D eigenvalue weighted by molar-refractivity contribution is -0.339. The zero-order valence-electron chi connectivity index (χ0n) is 27.9. The number of allylic oxidation sites excluding steroid dienone is 1. The van der Waals surface area contributed by atoms with Crippen molar-refractivity contribution in [2.75, 3.05) is 6.61 Å². The molecule has 4 rings (SSSR count). The van der Waals surface area contributed by atoms with Crippen LogP contribution in [0.1, 0.15) is 57.2 Å². The maximum atomic E-state index is 12.4. The molecule has 1 saturated heterocycles. The SMILES string of the molecule is CCCC=C[C@]1(O)O[C@H](COCc2ccccc2)[C@@H](OCc2ccccc2)[C@H](OCc2ccccc2)[C@@H]1O[Si](C)(C)C(C)(C)C. The van der Waals surface area contributed by atoms with Gasteiger partial charge in [0, 0.05) is 0 Å². The Morgan fingerprint density at radius 1 is 0.778 bits per heavy atom. The van der Waals surface area contributed by atoms with E-state index in [1.165, 1.54) is 0 Å². The fourth-order valence-electron chi connectivity index (χ4n) is 5.11. The quantitative estimate of drug-likeness (QED) is 0.135. The molecular formula is C38H52O6Si. The Labute approximate surface area is 271 Å². The normalized spacial score (nSPS) is 24.2. The monoisotopic (exact) mass is 632 g/mol. The first kappa shape index (κ1) is 35.2. The van der Waals surface area contributed by atoms with Crippen molar-refractivity contribution >= 4 is 8.32 Å². The van der Waals surface area contributed by atoms with Gasteiger partial charge in [-0.1, -0.05) is 131 Å². The molecule has 0 amide bonds. The molecule has 0 aromatic heterocycles. The van der Waals surface area contributed by atoms with Crippen molar-refractivity contribution in [1.29, 1.82) is 0 Å². The van der Waals surface area contributed by atoms with Crippen LogP contribution in [0.15, 0.2) is 103 Å². The van der Waals surface area contributed by atoms with Crippen LogP contribution in [-0.2, 0) is 43.2 Å². The third-order valence-electron chi connectivity index (χ3n) is 8.74. The van der Waals surface area contributed by atoms with E-state index in [0.29, 0.717) is 19.8 Å². The Hall–Kier alpha value is -2.62. The van der Waals surface area contributed by atoms with Crippen molar-refractivity contribution in [1.82, 2.24) is 0 Å². The molecule has 1 heterocycles. The lowest BCUT2D eigenvalue weighted by Crippen LogP contribution is -2.68. The highest BCUT2D eigenvalue weighted by molar-refractivity contribution is 6.74. The summed E-state index contributed by atoms with van der Waals surface area (Å²) in [6.07, 6.45) is 2.78. The smallest absolute Gasteiger partial charge is 0.214 e. The van der Waals surface area contributed by atoms with Gasteiger partial charge in [-0.25, -0.2) is 0 Å². The Balaban J connectivity index is 1.73. The summed E-state index contributed by atoms with van der Waals surface area (Å²) in [5, 5.41) is 12.3. The number of hydrogen-bond acceptors (Lipinski definition) is 6. The van der Waals surface area contributed by atoms with Crippen LogP contribution >= 0.6 is 0 Å². The van der Waals surface area contributed by atoms with Gasteiger partial charge in [0.2, 0.25) is 5.79 Å². The molecule has 3 aromatic rings. The Kier molecular flexibility index (Phi) is 12.7. The van der Waals surface area contributed by atoms with Gasteiger partial charge in [-0.3, -0.25) is 0 Å². The average molecular weight is 633 g/mol. The molecule has 0 aliphatic carbocycles. The van der Waals surface area contributed by atoms with E-state index in [2.05, 4.69) is 40.8 Å². The zero-order valence-corrected chi connectivity index (χ0v) is 28.9.